The van der Waals surface area contributed by atoms with Crippen molar-refractivity contribution in [3.8, 4) is 11.8 Å². The van der Waals surface area contributed by atoms with Gasteiger partial charge in [0.2, 0.25) is 0 Å². The minimum atomic E-state index is -0.162. The number of urea groups is 1. The number of unbranched alkanes of at least 4 members (excludes halogenated alkanes) is 1. The molecule has 0 bridgehead atoms. The molecule has 0 atom stereocenters. The summed E-state index contributed by atoms with van der Waals surface area (Å²) in [5, 5.41) is 5.46. The number of amides is 2. The van der Waals surface area contributed by atoms with E-state index in [2.05, 4.69) is 22.5 Å². The molecule has 0 radical (unpaired) electrons. The molecule has 0 saturated carbocycles. The van der Waals surface area contributed by atoms with Crippen LogP contribution in [0.1, 0.15) is 44.3 Å². The first-order valence-corrected chi connectivity index (χ1v) is 10.3. The van der Waals surface area contributed by atoms with Crippen LogP contribution in [-0.4, -0.2) is 44.0 Å². The van der Waals surface area contributed by atoms with E-state index in [1.54, 1.807) is 21.6 Å². The molecule has 22 heavy (non-hydrogen) atoms. The van der Waals surface area contributed by atoms with Crippen molar-refractivity contribution in [3.05, 3.63) is 0 Å². The second-order valence-corrected chi connectivity index (χ2v) is 6.31. The fourth-order valence-electron chi connectivity index (χ4n) is 1.14. The zero-order valence-corrected chi connectivity index (χ0v) is 15.7. The molecule has 0 aliphatic heterocycles. The van der Waals surface area contributed by atoms with E-state index in [0.717, 1.165) is 31.6 Å². The molecule has 0 rings (SSSR count). The number of carbonyl (C=O) groups excluding carboxylic acids is 1. The van der Waals surface area contributed by atoms with E-state index >= 15 is 0 Å². The van der Waals surface area contributed by atoms with Crippen LogP contribution >= 0.6 is 21.6 Å². The molecule has 0 saturated heterocycles. The van der Waals surface area contributed by atoms with Crippen LogP contribution in [0.2, 0.25) is 0 Å². The highest BCUT2D eigenvalue weighted by atomic mass is 33.1. The van der Waals surface area contributed by atoms with Gasteiger partial charge in [-0.2, -0.15) is 0 Å². The van der Waals surface area contributed by atoms with Gasteiger partial charge in [0.05, 0.1) is 6.54 Å². The Bertz CT molecular complexity index is 307. The monoisotopic (exact) mass is 355 g/mol. The SMILES string of the molecule is CC.CCC#CCNC(=O)NCCCCOCSSCCN.[HH].[HH].[HH]. The summed E-state index contributed by atoms with van der Waals surface area (Å²) in [7, 11) is 3.41. The molecule has 0 aliphatic carbocycles. The first kappa shape index (κ1) is 23.7. The summed E-state index contributed by atoms with van der Waals surface area (Å²) >= 11 is 0. The average molecular weight is 356 g/mol. The van der Waals surface area contributed by atoms with E-state index in [4.69, 9.17) is 10.5 Å². The third kappa shape index (κ3) is 21.7. The Labute approximate surface area is 148 Å². The van der Waals surface area contributed by atoms with Crippen LogP contribution in [0.15, 0.2) is 0 Å². The highest BCUT2D eigenvalue weighted by molar-refractivity contribution is 8.76. The van der Waals surface area contributed by atoms with E-state index in [-0.39, 0.29) is 10.3 Å². The number of nitrogens with two attached hydrogens (primary N) is 1. The second kappa shape index (κ2) is 22.7. The number of rotatable bonds is 11. The van der Waals surface area contributed by atoms with E-state index in [0.29, 0.717) is 25.6 Å². The third-order valence-corrected chi connectivity index (χ3v) is 4.18. The third-order valence-electron chi connectivity index (χ3n) is 2.06. The lowest BCUT2D eigenvalue weighted by Gasteiger charge is -2.06. The van der Waals surface area contributed by atoms with Gasteiger partial charge < -0.3 is 21.1 Å². The predicted molar refractivity (Wildman–Crippen MR) is 106 cm³/mol. The molecular weight excluding hydrogens is 318 g/mol. The van der Waals surface area contributed by atoms with Crippen LogP contribution in [0, 0.1) is 11.8 Å². The summed E-state index contributed by atoms with van der Waals surface area (Å²) in [5.41, 5.74) is 5.37. The van der Waals surface area contributed by atoms with Crippen LogP contribution in [0.3, 0.4) is 0 Å². The average Bonchev–Trinajstić information content (AvgIpc) is 2.55. The molecule has 0 aromatic carbocycles. The fraction of sp³-hybridized carbons (Fsp3) is 0.800. The minimum Gasteiger partial charge on any atom is -0.370 e. The van der Waals surface area contributed by atoms with E-state index < -0.39 is 0 Å². The zero-order chi connectivity index (χ0) is 16.9. The van der Waals surface area contributed by atoms with Crippen molar-refractivity contribution < 1.29 is 13.8 Å². The van der Waals surface area contributed by atoms with Crippen molar-refractivity contribution in [2.45, 2.75) is 40.0 Å². The maximum absolute atomic E-state index is 11.3. The lowest BCUT2D eigenvalue weighted by molar-refractivity contribution is 0.178. The van der Waals surface area contributed by atoms with Crippen molar-refractivity contribution >= 4 is 27.6 Å². The molecule has 5 nitrogen and oxygen atoms in total. The smallest absolute Gasteiger partial charge is 0.315 e. The Morgan fingerprint density at radius 3 is 2.68 bits per heavy atom. The summed E-state index contributed by atoms with van der Waals surface area (Å²) in [6, 6.07) is -0.162. The molecule has 0 aliphatic rings. The normalized spacial score (nSPS) is 9.09. The number of nitrogens with one attached hydrogen (secondary N) is 2. The molecule has 2 amide bonds. The minimum absolute atomic E-state index is 0. The van der Waals surface area contributed by atoms with E-state index in [1.807, 2.05) is 20.8 Å². The molecule has 0 aromatic heterocycles. The van der Waals surface area contributed by atoms with Gasteiger partial charge in [0, 0.05) is 36.1 Å². The highest BCUT2D eigenvalue weighted by Gasteiger charge is 1.97. The summed E-state index contributed by atoms with van der Waals surface area (Å²) in [6.45, 7) is 8.47. The van der Waals surface area contributed by atoms with Gasteiger partial charge in [-0.05, 0) is 12.8 Å². The largest absolute Gasteiger partial charge is 0.370 e. The van der Waals surface area contributed by atoms with Crippen molar-refractivity contribution in [3.63, 3.8) is 0 Å². The lowest BCUT2D eigenvalue weighted by Crippen LogP contribution is -2.36. The Morgan fingerprint density at radius 2 is 2.00 bits per heavy atom. The number of hydrogen-bond acceptors (Lipinski definition) is 5. The van der Waals surface area contributed by atoms with Gasteiger partial charge in [0.15, 0.2) is 0 Å². The number of carbonyl (C=O) groups is 1. The Kier molecular flexibility index (Phi) is 24.5. The van der Waals surface area contributed by atoms with Gasteiger partial charge in [-0.15, -0.1) is 5.92 Å². The van der Waals surface area contributed by atoms with Crippen molar-refractivity contribution in [1.29, 1.82) is 0 Å². The summed E-state index contributed by atoms with van der Waals surface area (Å²) in [4.78, 5) is 11.3. The van der Waals surface area contributed by atoms with Crippen molar-refractivity contribution in [1.82, 2.24) is 10.6 Å². The second-order valence-electron chi connectivity index (χ2n) is 3.78. The molecular formula is C15H37N3O2S2. The van der Waals surface area contributed by atoms with Crippen LogP contribution in [0.25, 0.3) is 0 Å². The summed E-state index contributed by atoms with van der Waals surface area (Å²) < 4.78 is 5.43. The maximum Gasteiger partial charge on any atom is 0.315 e. The van der Waals surface area contributed by atoms with Crippen LogP contribution in [0.4, 0.5) is 4.79 Å². The standard InChI is InChI=1S/C13H25N3O2S2.C2H6.3H2/c1-2-3-4-8-15-13(17)16-9-5-6-10-18-12-20-19-11-7-14;1-2;;;/h2,5-12,14H2,1H3,(H2,15,16,17);1-2H3;3*1H. The molecule has 0 unspecified atom stereocenters. The summed E-state index contributed by atoms with van der Waals surface area (Å²) in [5.74, 6) is 7.39. The van der Waals surface area contributed by atoms with Gasteiger partial charge in [0.1, 0.15) is 5.94 Å². The van der Waals surface area contributed by atoms with Gasteiger partial charge in [-0.3, -0.25) is 0 Å². The Hall–Kier alpha value is -0.550. The lowest BCUT2D eigenvalue weighted by atomic mass is 10.3. The van der Waals surface area contributed by atoms with E-state index in [9.17, 15) is 4.79 Å². The number of ether oxygens (including phenoxy) is 1. The van der Waals surface area contributed by atoms with Crippen LogP contribution < -0.4 is 16.4 Å². The van der Waals surface area contributed by atoms with Gasteiger partial charge in [-0.25, -0.2) is 4.79 Å². The Balaban J connectivity index is -0.000000256. The number of hydrogen-bond donors (Lipinski definition) is 3. The van der Waals surface area contributed by atoms with Crippen molar-refractivity contribution in [2.75, 3.05) is 37.9 Å². The highest BCUT2D eigenvalue weighted by Crippen LogP contribution is 2.19. The maximum atomic E-state index is 11.3. The van der Waals surface area contributed by atoms with E-state index in [1.165, 1.54) is 0 Å². The topological polar surface area (TPSA) is 76.4 Å². The quantitative estimate of drug-likeness (QED) is 0.229. The Morgan fingerprint density at radius 1 is 1.23 bits per heavy atom. The molecule has 136 valence electrons. The van der Waals surface area contributed by atoms with Crippen LogP contribution in [-0.2, 0) is 4.74 Å². The molecule has 0 spiro atoms. The molecule has 0 heterocycles. The van der Waals surface area contributed by atoms with Crippen LogP contribution in [0.5, 0.6) is 0 Å². The van der Waals surface area contributed by atoms with Gasteiger partial charge in [0.25, 0.3) is 0 Å². The fourth-order valence-corrected chi connectivity index (χ4v) is 2.66. The first-order chi connectivity index (χ1) is 10.8. The molecule has 7 heteroatoms. The zero-order valence-electron chi connectivity index (χ0n) is 14.1. The molecule has 0 aromatic rings. The predicted octanol–water partition coefficient (Wildman–Crippen LogP) is 3.56. The van der Waals surface area contributed by atoms with Crippen molar-refractivity contribution in [2.24, 2.45) is 5.73 Å². The van der Waals surface area contributed by atoms with Gasteiger partial charge in [-0.1, -0.05) is 48.3 Å². The first-order valence-electron chi connectivity index (χ1n) is 7.81. The summed E-state index contributed by atoms with van der Waals surface area (Å²) in [6.07, 6.45) is 2.67. The molecule has 4 N–H and O–H groups in total. The van der Waals surface area contributed by atoms with Gasteiger partial charge >= 0.3 is 6.03 Å². The molecule has 0 fully saturated rings.